The van der Waals surface area contributed by atoms with E-state index in [1.165, 1.54) is 5.56 Å². The second-order valence-corrected chi connectivity index (χ2v) is 5.78. The van der Waals surface area contributed by atoms with Crippen LogP contribution in [0.25, 0.3) is 0 Å². The number of likely N-dealkylation sites (tertiary alicyclic amines) is 1. The minimum Gasteiger partial charge on any atom is -0.507 e. The molecule has 1 fully saturated rings. The van der Waals surface area contributed by atoms with Gasteiger partial charge in [0.2, 0.25) is 0 Å². The molecular formula is C18H21NO2. The Bertz CT molecular complexity index is 592. The van der Waals surface area contributed by atoms with E-state index in [-0.39, 0.29) is 17.5 Å². The monoisotopic (exact) mass is 283 g/mol. The maximum Gasteiger partial charge on any atom is 0.124 e. The minimum absolute atomic E-state index is 0.0138. The quantitative estimate of drug-likeness (QED) is 0.903. The largest absolute Gasteiger partial charge is 0.507 e. The van der Waals surface area contributed by atoms with Crippen LogP contribution in [-0.2, 0) is 0 Å². The van der Waals surface area contributed by atoms with E-state index >= 15 is 0 Å². The molecular weight excluding hydrogens is 262 g/mol. The van der Waals surface area contributed by atoms with E-state index in [2.05, 4.69) is 29.2 Å². The Morgan fingerprint density at radius 1 is 1.00 bits per heavy atom. The van der Waals surface area contributed by atoms with Gasteiger partial charge in [0.1, 0.15) is 11.5 Å². The summed E-state index contributed by atoms with van der Waals surface area (Å²) in [5.74, 6) is 0.873. The van der Waals surface area contributed by atoms with Crippen LogP contribution in [0.3, 0.4) is 0 Å². The molecule has 0 amide bonds. The van der Waals surface area contributed by atoms with E-state index in [4.69, 9.17) is 0 Å². The summed E-state index contributed by atoms with van der Waals surface area (Å²) in [6.07, 6.45) is 1.11. The Morgan fingerprint density at radius 3 is 2.33 bits per heavy atom. The second-order valence-electron chi connectivity index (χ2n) is 5.78. The maximum absolute atomic E-state index is 10.0. The number of rotatable bonds is 3. The number of hydrogen-bond donors (Lipinski definition) is 2. The first kappa shape index (κ1) is 14.0. The minimum atomic E-state index is 0.0138. The molecule has 0 saturated carbocycles. The van der Waals surface area contributed by atoms with Gasteiger partial charge in [0.15, 0.2) is 0 Å². The summed E-state index contributed by atoms with van der Waals surface area (Å²) in [6, 6.07) is 15.5. The van der Waals surface area contributed by atoms with Crippen molar-refractivity contribution in [3.63, 3.8) is 0 Å². The van der Waals surface area contributed by atoms with Gasteiger partial charge in [0.05, 0.1) is 5.56 Å². The second kappa shape index (κ2) is 5.78. The first-order valence-electron chi connectivity index (χ1n) is 7.46. The van der Waals surface area contributed by atoms with Crippen molar-refractivity contribution in [2.75, 3.05) is 13.1 Å². The number of phenols is 2. The van der Waals surface area contributed by atoms with Crippen LogP contribution in [0.4, 0.5) is 0 Å². The molecule has 0 aromatic heterocycles. The molecule has 1 heterocycles. The van der Waals surface area contributed by atoms with Gasteiger partial charge in [-0.1, -0.05) is 36.4 Å². The molecule has 1 saturated heterocycles. The van der Waals surface area contributed by atoms with Gasteiger partial charge >= 0.3 is 0 Å². The van der Waals surface area contributed by atoms with E-state index in [1.807, 2.05) is 13.0 Å². The van der Waals surface area contributed by atoms with Gasteiger partial charge < -0.3 is 10.2 Å². The first-order chi connectivity index (χ1) is 10.2. The lowest BCUT2D eigenvalue weighted by Crippen LogP contribution is -2.24. The molecule has 2 N–H and O–H groups in total. The van der Waals surface area contributed by atoms with Crippen LogP contribution >= 0.6 is 0 Å². The van der Waals surface area contributed by atoms with Crippen LogP contribution in [0.15, 0.2) is 48.5 Å². The summed E-state index contributed by atoms with van der Waals surface area (Å²) in [7, 11) is 0. The van der Waals surface area contributed by atoms with Crippen molar-refractivity contribution in [2.45, 2.75) is 25.3 Å². The van der Waals surface area contributed by atoms with Crippen molar-refractivity contribution in [3.8, 4) is 11.5 Å². The first-order valence-corrected chi connectivity index (χ1v) is 7.46. The van der Waals surface area contributed by atoms with Crippen LogP contribution in [0.5, 0.6) is 11.5 Å². The number of hydrogen-bond acceptors (Lipinski definition) is 3. The molecule has 2 aromatic rings. The number of benzene rings is 2. The Hall–Kier alpha value is -2.00. The Labute approximate surface area is 125 Å². The van der Waals surface area contributed by atoms with Crippen LogP contribution in [0, 0.1) is 0 Å². The highest BCUT2D eigenvalue weighted by molar-refractivity contribution is 5.45. The highest BCUT2D eigenvalue weighted by Gasteiger charge is 2.29. The van der Waals surface area contributed by atoms with Crippen molar-refractivity contribution in [2.24, 2.45) is 0 Å². The molecule has 0 spiro atoms. The molecule has 3 heteroatoms. The molecule has 2 aromatic carbocycles. The summed E-state index contributed by atoms with van der Waals surface area (Å²) >= 11 is 0. The van der Waals surface area contributed by atoms with Gasteiger partial charge in [-0.15, -0.1) is 0 Å². The normalized spacial score (nSPS) is 20.5. The molecule has 110 valence electrons. The molecule has 3 rings (SSSR count). The average Bonchev–Trinajstić information content (AvgIpc) is 2.97. The molecule has 21 heavy (non-hydrogen) atoms. The number of aromatic hydroxyl groups is 2. The van der Waals surface area contributed by atoms with Gasteiger partial charge in [-0.3, -0.25) is 4.90 Å². The standard InChI is InChI=1S/C18H21NO2/c1-13(18-16(20)8-5-9-17(18)21)19-11-10-15(12-19)14-6-3-2-4-7-14/h2-9,13,15,20-21H,10-12H2,1H3. The lowest BCUT2D eigenvalue weighted by atomic mass is 9.98. The van der Waals surface area contributed by atoms with Crippen molar-refractivity contribution < 1.29 is 10.2 Å². The summed E-state index contributed by atoms with van der Waals surface area (Å²) in [4.78, 5) is 2.33. The maximum atomic E-state index is 10.0. The Balaban J connectivity index is 1.77. The third kappa shape index (κ3) is 2.74. The lowest BCUT2D eigenvalue weighted by Gasteiger charge is -2.26. The highest BCUT2D eigenvalue weighted by atomic mass is 16.3. The van der Waals surface area contributed by atoms with Gasteiger partial charge in [-0.25, -0.2) is 0 Å². The van der Waals surface area contributed by atoms with Crippen LogP contribution in [0.2, 0.25) is 0 Å². The van der Waals surface area contributed by atoms with Gasteiger partial charge in [-0.2, -0.15) is 0 Å². The fourth-order valence-electron chi connectivity index (χ4n) is 3.29. The van der Waals surface area contributed by atoms with E-state index in [1.54, 1.807) is 18.2 Å². The molecule has 0 bridgehead atoms. The SMILES string of the molecule is CC(c1c(O)cccc1O)N1CCC(c2ccccc2)C1. The highest BCUT2D eigenvalue weighted by Crippen LogP contribution is 2.39. The molecule has 3 nitrogen and oxygen atoms in total. The lowest BCUT2D eigenvalue weighted by molar-refractivity contribution is 0.248. The predicted molar refractivity (Wildman–Crippen MR) is 83.6 cm³/mol. The Morgan fingerprint density at radius 2 is 1.67 bits per heavy atom. The zero-order valence-corrected chi connectivity index (χ0v) is 12.2. The molecule has 2 atom stereocenters. The third-order valence-electron chi connectivity index (χ3n) is 4.52. The Kier molecular flexibility index (Phi) is 3.84. The average molecular weight is 283 g/mol. The number of nitrogens with zero attached hydrogens (tertiary/aromatic N) is 1. The molecule has 1 aliphatic heterocycles. The molecule has 0 radical (unpaired) electrons. The summed E-state index contributed by atoms with van der Waals surface area (Å²) < 4.78 is 0. The van der Waals surface area contributed by atoms with Crippen molar-refractivity contribution in [3.05, 3.63) is 59.7 Å². The van der Waals surface area contributed by atoms with E-state index in [9.17, 15) is 10.2 Å². The summed E-state index contributed by atoms with van der Waals surface area (Å²) in [6.45, 7) is 3.98. The van der Waals surface area contributed by atoms with E-state index in [0.29, 0.717) is 11.5 Å². The summed E-state index contributed by atoms with van der Waals surface area (Å²) in [5, 5.41) is 20.0. The molecule has 2 unspecified atom stereocenters. The zero-order chi connectivity index (χ0) is 14.8. The van der Waals surface area contributed by atoms with Gasteiger partial charge in [-0.05, 0) is 43.5 Å². The fourth-order valence-corrected chi connectivity index (χ4v) is 3.29. The molecule has 0 aliphatic carbocycles. The number of phenolic OH excluding ortho intramolecular Hbond substituents is 2. The fraction of sp³-hybridized carbons (Fsp3) is 0.333. The van der Waals surface area contributed by atoms with E-state index in [0.717, 1.165) is 19.5 Å². The van der Waals surface area contributed by atoms with Crippen LogP contribution in [0.1, 0.15) is 36.4 Å². The smallest absolute Gasteiger partial charge is 0.124 e. The zero-order valence-electron chi connectivity index (χ0n) is 12.2. The summed E-state index contributed by atoms with van der Waals surface area (Å²) in [5.41, 5.74) is 2.00. The van der Waals surface area contributed by atoms with Crippen molar-refractivity contribution in [1.82, 2.24) is 4.90 Å². The van der Waals surface area contributed by atoms with Crippen LogP contribution < -0.4 is 0 Å². The van der Waals surface area contributed by atoms with Crippen molar-refractivity contribution >= 4 is 0 Å². The topological polar surface area (TPSA) is 43.7 Å². The predicted octanol–water partition coefficient (Wildman–Crippen LogP) is 3.65. The van der Waals surface area contributed by atoms with Crippen molar-refractivity contribution in [1.29, 1.82) is 0 Å². The van der Waals surface area contributed by atoms with Crippen LogP contribution in [-0.4, -0.2) is 28.2 Å². The van der Waals surface area contributed by atoms with E-state index < -0.39 is 0 Å². The van der Waals surface area contributed by atoms with Gasteiger partial charge in [0.25, 0.3) is 0 Å². The van der Waals surface area contributed by atoms with Gasteiger partial charge in [0, 0.05) is 12.6 Å². The molecule has 1 aliphatic rings. The third-order valence-corrected chi connectivity index (χ3v) is 4.52.